The number of nitrogens with one attached hydrogen (secondary N) is 1. The average Bonchev–Trinajstić information content (AvgIpc) is 3.24. The normalized spacial score (nSPS) is 13.3. The van der Waals surface area contributed by atoms with Gasteiger partial charge in [-0.2, -0.15) is 0 Å². The number of hydrogen-bond acceptors (Lipinski definition) is 7. The van der Waals surface area contributed by atoms with E-state index in [9.17, 15) is 26.0 Å². The second-order valence-corrected chi connectivity index (χ2v) is 12.0. The van der Waals surface area contributed by atoms with Gasteiger partial charge >= 0.3 is 0 Å². The molecule has 12 heteroatoms. The molecular formula is C24H21F2N3O5S2. The Morgan fingerprint density at radius 3 is 2.39 bits per heavy atom. The Balaban J connectivity index is 1.70. The Kier molecular flexibility index (Phi) is 6.76. The molecule has 1 N–H and O–H groups in total. The summed E-state index contributed by atoms with van der Waals surface area (Å²) in [6, 6.07) is 6.26. The molecule has 1 aromatic carbocycles. The number of hydrogen-bond donors (Lipinski definition) is 1. The molecule has 0 unspecified atom stereocenters. The van der Waals surface area contributed by atoms with Gasteiger partial charge in [0.25, 0.3) is 0 Å². The van der Waals surface area contributed by atoms with Gasteiger partial charge in [0.2, 0.25) is 10.0 Å². The SMILES string of the molecule is CCCS(=O)(=O)Nc1ccc(F)c(C(=O)C2=CCc3ncc(-c4ccc(S(C)(=O)=O)nc4)cc32)c1F. The molecule has 0 aliphatic heterocycles. The third kappa shape index (κ3) is 5.05. The van der Waals surface area contributed by atoms with Crippen molar-refractivity contribution in [3.05, 3.63) is 77.3 Å². The summed E-state index contributed by atoms with van der Waals surface area (Å²) < 4.78 is 79.3. The Morgan fingerprint density at radius 2 is 1.75 bits per heavy atom. The van der Waals surface area contributed by atoms with Crippen molar-refractivity contribution in [1.29, 1.82) is 0 Å². The van der Waals surface area contributed by atoms with Gasteiger partial charge in [0.1, 0.15) is 5.82 Å². The predicted octanol–water partition coefficient (Wildman–Crippen LogP) is 3.80. The van der Waals surface area contributed by atoms with Gasteiger partial charge in [0, 0.05) is 47.3 Å². The lowest BCUT2D eigenvalue weighted by Gasteiger charge is -2.13. The highest BCUT2D eigenvalue weighted by Gasteiger charge is 2.29. The van der Waals surface area contributed by atoms with E-state index in [2.05, 4.69) is 14.7 Å². The zero-order valence-corrected chi connectivity index (χ0v) is 20.9. The summed E-state index contributed by atoms with van der Waals surface area (Å²) in [5.74, 6) is -3.65. The molecule has 0 saturated heterocycles. The van der Waals surface area contributed by atoms with Gasteiger partial charge in [-0.1, -0.05) is 13.0 Å². The quantitative estimate of drug-likeness (QED) is 0.437. The van der Waals surface area contributed by atoms with Crippen molar-refractivity contribution in [2.45, 2.75) is 24.8 Å². The molecule has 8 nitrogen and oxygen atoms in total. The highest BCUT2D eigenvalue weighted by Crippen LogP contribution is 2.34. The van der Waals surface area contributed by atoms with Crippen LogP contribution in [0.1, 0.15) is 35.0 Å². The summed E-state index contributed by atoms with van der Waals surface area (Å²) in [6.07, 6.45) is 5.97. The topological polar surface area (TPSA) is 123 Å². The molecule has 36 heavy (non-hydrogen) atoms. The number of carbonyl (C=O) groups excluding carboxylic acids is 1. The third-order valence-corrected chi connectivity index (χ3v) is 7.99. The van der Waals surface area contributed by atoms with Crippen LogP contribution >= 0.6 is 0 Å². The smallest absolute Gasteiger partial charge is 0.232 e. The summed E-state index contributed by atoms with van der Waals surface area (Å²) in [4.78, 5) is 21.5. The highest BCUT2D eigenvalue weighted by atomic mass is 32.2. The van der Waals surface area contributed by atoms with E-state index >= 15 is 4.39 Å². The molecule has 0 saturated carbocycles. The number of aromatic nitrogens is 2. The predicted molar refractivity (Wildman–Crippen MR) is 131 cm³/mol. The van der Waals surface area contributed by atoms with Crippen LogP contribution < -0.4 is 4.72 Å². The monoisotopic (exact) mass is 533 g/mol. The molecule has 1 aliphatic rings. The summed E-state index contributed by atoms with van der Waals surface area (Å²) in [5, 5.41) is -0.100. The Hall–Kier alpha value is -3.51. The van der Waals surface area contributed by atoms with Crippen LogP contribution in [-0.4, -0.2) is 44.6 Å². The molecule has 1 aliphatic carbocycles. The lowest BCUT2D eigenvalue weighted by molar-refractivity contribution is 0.104. The molecule has 0 bridgehead atoms. The van der Waals surface area contributed by atoms with Crippen LogP contribution in [-0.2, 0) is 26.3 Å². The number of pyridine rings is 2. The van der Waals surface area contributed by atoms with E-state index in [1.165, 1.54) is 30.6 Å². The number of ketones is 1. The molecule has 0 fully saturated rings. The van der Waals surface area contributed by atoms with E-state index in [4.69, 9.17) is 0 Å². The number of carbonyl (C=O) groups is 1. The highest BCUT2D eigenvalue weighted by molar-refractivity contribution is 7.92. The fourth-order valence-corrected chi connectivity index (χ4v) is 5.49. The van der Waals surface area contributed by atoms with Crippen LogP contribution in [0.25, 0.3) is 16.7 Å². The van der Waals surface area contributed by atoms with Crippen molar-refractivity contribution >= 4 is 36.9 Å². The number of anilines is 1. The summed E-state index contributed by atoms with van der Waals surface area (Å²) in [7, 11) is -7.35. The maximum atomic E-state index is 15.2. The third-order valence-electron chi connectivity index (χ3n) is 5.51. The maximum Gasteiger partial charge on any atom is 0.232 e. The van der Waals surface area contributed by atoms with Gasteiger partial charge in [-0.25, -0.2) is 30.6 Å². The van der Waals surface area contributed by atoms with Crippen LogP contribution in [0.5, 0.6) is 0 Å². The number of fused-ring (bicyclic) bond motifs is 1. The second-order valence-electron chi connectivity index (χ2n) is 8.23. The fraction of sp³-hybridized carbons (Fsp3) is 0.208. The second kappa shape index (κ2) is 9.51. The minimum atomic E-state index is -3.87. The molecular weight excluding hydrogens is 512 g/mol. The van der Waals surface area contributed by atoms with Gasteiger partial charge in [-0.15, -0.1) is 0 Å². The van der Waals surface area contributed by atoms with E-state index in [-0.39, 0.29) is 29.2 Å². The van der Waals surface area contributed by atoms with Crippen LogP contribution in [0.3, 0.4) is 0 Å². The van der Waals surface area contributed by atoms with Crippen molar-refractivity contribution in [3.63, 3.8) is 0 Å². The fourth-order valence-electron chi connectivity index (χ4n) is 3.80. The molecule has 0 radical (unpaired) electrons. The van der Waals surface area contributed by atoms with Crippen molar-refractivity contribution in [3.8, 4) is 11.1 Å². The van der Waals surface area contributed by atoms with Crippen LogP contribution in [0.15, 0.2) is 53.8 Å². The molecule has 2 aromatic heterocycles. The minimum Gasteiger partial charge on any atom is -0.288 e. The molecule has 4 rings (SSSR count). The molecule has 3 aromatic rings. The largest absolute Gasteiger partial charge is 0.288 e. The summed E-state index contributed by atoms with van der Waals surface area (Å²) in [5.41, 5.74) is 0.548. The van der Waals surface area contributed by atoms with E-state index in [0.29, 0.717) is 22.4 Å². The number of rotatable bonds is 8. The zero-order valence-electron chi connectivity index (χ0n) is 19.2. The van der Waals surface area contributed by atoms with E-state index in [1.54, 1.807) is 13.0 Å². The molecule has 2 heterocycles. The van der Waals surface area contributed by atoms with Crippen molar-refractivity contribution in [2.24, 2.45) is 0 Å². The molecule has 188 valence electrons. The number of sulfonamides is 1. The first kappa shape index (κ1) is 25.6. The van der Waals surface area contributed by atoms with E-state index in [1.807, 2.05) is 0 Å². The van der Waals surface area contributed by atoms with Gasteiger partial charge in [0.05, 0.1) is 22.7 Å². The van der Waals surface area contributed by atoms with Crippen LogP contribution in [0.2, 0.25) is 0 Å². The first-order chi connectivity index (χ1) is 16.9. The molecule has 0 spiro atoms. The van der Waals surface area contributed by atoms with Crippen molar-refractivity contribution in [2.75, 3.05) is 16.7 Å². The van der Waals surface area contributed by atoms with E-state index in [0.717, 1.165) is 18.4 Å². The van der Waals surface area contributed by atoms with E-state index < -0.39 is 48.5 Å². The summed E-state index contributed by atoms with van der Waals surface area (Å²) >= 11 is 0. The Morgan fingerprint density at radius 1 is 1.03 bits per heavy atom. The summed E-state index contributed by atoms with van der Waals surface area (Å²) in [6.45, 7) is 1.64. The van der Waals surface area contributed by atoms with Gasteiger partial charge in [0.15, 0.2) is 26.5 Å². The lowest BCUT2D eigenvalue weighted by atomic mass is 9.96. The first-order valence-corrected chi connectivity index (χ1v) is 14.3. The number of nitrogens with zero attached hydrogens (tertiary/aromatic N) is 2. The minimum absolute atomic E-state index is 0.0198. The maximum absolute atomic E-state index is 15.2. The van der Waals surface area contributed by atoms with Crippen LogP contribution in [0.4, 0.5) is 14.5 Å². The Bertz CT molecular complexity index is 1620. The number of sulfone groups is 1. The van der Waals surface area contributed by atoms with Crippen LogP contribution in [0, 0.1) is 11.6 Å². The number of allylic oxidation sites excluding steroid dienone is 2. The van der Waals surface area contributed by atoms with Gasteiger partial charge < -0.3 is 0 Å². The number of benzene rings is 1. The zero-order chi connectivity index (χ0) is 26.3. The molecule has 0 atom stereocenters. The van der Waals surface area contributed by atoms with Crippen molar-refractivity contribution in [1.82, 2.24) is 9.97 Å². The van der Waals surface area contributed by atoms with Gasteiger partial charge in [-0.3, -0.25) is 14.5 Å². The average molecular weight is 534 g/mol. The molecule has 0 amide bonds. The first-order valence-electron chi connectivity index (χ1n) is 10.8. The van der Waals surface area contributed by atoms with Gasteiger partial charge in [-0.05, 0) is 36.8 Å². The number of halogens is 2. The van der Waals surface area contributed by atoms with Crippen molar-refractivity contribution < 1.29 is 30.4 Å². The number of Topliss-reactive ketones (excluding diaryl/α,β-unsaturated/α-hetero) is 1. The lowest BCUT2D eigenvalue weighted by Crippen LogP contribution is -2.18. The Labute approximate surface area is 207 Å². The standard InChI is InChI=1S/C24H21F2N3O5S2/c1-3-10-36(33,34)29-20-8-6-18(25)22(23(20)26)24(30)16-5-7-19-17(16)11-15(13-27-19)14-4-9-21(28-12-14)35(2,31)32/h4-6,8-9,11-13,29H,3,7,10H2,1-2H3.